The van der Waals surface area contributed by atoms with Crippen LogP contribution in [-0.4, -0.2) is 52.7 Å². The molecule has 10 rings (SSSR count). The van der Waals surface area contributed by atoms with Gasteiger partial charge in [-0.1, -0.05) is 97.1 Å². The van der Waals surface area contributed by atoms with E-state index in [1.165, 1.54) is 36.9 Å². The van der Waals surface area contributed by atoms with Gasteiger partial charge >= 0.3 is 0 Å². The van der Waals surface area contributed by atoms with Crippen LogP contribution < -0.4 is 20.1 Å². The number of aromatic nitrogens is 3. The molecular formula is C52H39N7O4S2. The number of ether oxygens (including phenoxy) is 2. The third-order valence-electron chi connectivity index (χ3n) is 11.1. The van der Waals surface area contributed by atoms with Gasteiger partial charge in [-0.15, -0.1) is 22.7 Å². The van der Waals surface area contributed by atoms with Crippen molar-refractivity contribution >= 4 is 89.4 Å². The Morgan fingerprint density at radius 2 is 1.08 bits per heavy atom. The van der Waals surface area contributed by atoms with E-state index < -0.39 is 5.91 Å². The van der Waals surface area contributed by atoms with E-state index in [9.17, 15) is 9.59 Å². The first-order chi connectivity index (χ1) is 31.8. The molecule has 2 amide bonds. The van der Waals surface area contributed by atoms with Crippen molar-refractivity contribution in [1.82, 2.24) is 20.3 Å². The van der Waals surface area contributed by atoms with Crippen LogP contribution in [0.5, 0.6) is 11.5 Å². The number of anilines is 1. The smallest absolute Gasteiger partial charge is 0.260 e. The lowest BCUT2D eigenvalue weighted by atomic mass is 9.96. The average Bonchev–Trinajstić information content (AvgIpc) is 4.12. The van der Waals surface area contributed by atoms with E-state index in [2.05, 4.69) is 15.6 Å². The maximum Gasteiger partial charge on any atom is 0.260 e. The van der Waals surface area contributed by atoms with Gasteiger partial charge < -0.3 is 25.1 Å². The van der Waals surface area contributed by atoms with Crippen molar-refractivity contribution < 1.29 is 19.1 Å². The number of methoxy groups -OCH3 is 2. The Bertz CT molecular complexity index is 3380. The Labute approximate surface area is 381 Å². The lowest BCUT2D eigenvalue weighted by Crippen LogP contribution is -2.31. The topological polar surface area (TPSA) is 143 Å². The predicted molar refractivity (Wildman–Crippen MR) is 263 cm³/mol. The molecule has 1 aliphatic rings. The Hall–Kier alpha value is -8.00. The van der Waals surface area contributed by atoms with Gasteiger partial charge in [0.05, 0.1) is 56.9 Å². The number of benzene rings is 6. The number of aromatic amines is 1. The number of carbonyl (C=O) groups is 2. The number of aryl methyl sites for hydroxylation is 2. The Morgan fingerprint density at radius 3 is 1.68 bits per heavy atom. The fraction of sp³-hybridized carbons (Fsp3) is 0.0769. The van der Waals surface area contributed by atoms with Crippen molar-refractivity contribution in [2.75, 3.05) is 19.5 Å². The number of rotatable bonds is 10. The number of H-pyrrole nitrogens is 1. The summed E-state index contributed by atoms with van der Waals surface area (Å²) in [5, 5.41) is 7.65. The van der Waals surface area contributed by atoms with Gasteiger partial charge in [0.25, 0.3) is 11.8 Å². The van der Waals surface area contributed by atoms with Crippen molar-refractivity contribution in [3.63, 3.8) is 0 Å². The van der Waals surface area contributed by atoms with E-state index in [0.717, 1.165) is 42.7 Å². The van der Waals surface area contributed by atoms with Crippen molar-refractivity contribution in [2.24, 2.45) is 9.98 Å². The molecule has 0 fully saturated rings. The summed E-state index contributed by atoms with van der Waals surface area (Å²) in [6, 6.07) is 46.0. The van der Waals surface area contributed by atoms with Crippen LogP contribution in [0.1, 0.15) is 42.4 Å². The van der Waals surface area contributed by atoms with Gasteiger partial charge in [-0.25, -0.2) is 20.0 Å². The molecule has 11 nitrogen and oxygen atoms in total. The van der Waals surface area contributed by atoms with Crippen LogP contribution in [0.25, 0.3) is 53.3 Å². The number of hydrogen-bond donors (Lipinski definition) is 3. The molecule has 0 unspecified atom stereocenters. The van der Waals surface area contributed by atoms with E-state index in [-0.39, 0.29) is 11.7 Å². The molecule has 3 N–H and O–H groups in total. The second kappa shape index (κ2) is 17.3. The number of hydrogen-bond acceptors (Lipinski definition) is 9. The molecule has 65 heavy (non-hydrogen) atoms. The van der Waals surface area contributed by atoms with Gasteiger partial charge in [-0.3, -0.25) is 9.59 Å². The Balaban J connectivity index is 1.26. The maximum atomic E-state index is 14.3. The number of para-hydroxylation sites is 4. The molecule has 0 atom stereocenters. The highest BCUT2D eigenvalue weighted by Gasteiger charge is 2.34. The molecule has 0 aliphatic carbocycles. The third-order valence-corrected chi connectivity index (χ3v) is 13.3. The monoisotopic (exact) mass is 889 g/mol. The number of nitrogens with one attached hydrogen (secondary N) is 3. The molecular weight excluding hydrogens is 851 g/mol. The first-order valence-corrected chi connectivity index (χ1v) is 22.3. The molecule has 0 spiro atoms. The SMILES string of the molecule is COc1ccccc1C(=O)NC1=N/C(=N\c2[nH]c(NC(=O)c3ccccc3OC)c(-c3nc4ccccc4s3)c2-c2ccccc2C)C(c2ccccc2C)=C1c1nc2ccccc2s1. The van der Waals surface area contributed by atoms with E-state index in [0.29, 0.717) is 72.4 Å². The summed E-state index contributed by atoms with van der Waals surface area (Å²) in [5.41, 5.74) is 8.63. The molecule has 0 saturated heterocycles. The second-order valence-electron chi connectivity index (χ2n) is 15.2. The van der Waals surface area contributed by atoms with Gasteiger partial charge in [0, 0.05) is 11.1 Å². The van der Waals surface area contributed by atoms with Crippen molar-refractivity contribution in [3.05, 3.63) is 178 Å². The van der Waals surface area contributed by atoms with E-state index in [4.69, 9.17) is 29.4 Å². The van der Waals surface area contributed by atoms with E-state index >= 15 is 0 Å². The Kier molecular flexibility index (Phi) is 10.9. The van der Waals surface area contributed by atoms with Crippen molar-refractivity contribution in [1.29, 1.82) is 0 Å². The summed E-state index contributed by atoms with van der Waals surface area (Å²) in [7, 11) is 3.07. The largest absolute Gasteiger partial charge is 0.496 e. The van der Waals surface area contributed by atoms with Gasteiger partial charge in [0.1, 0.15) is 39.0 Å². The van der Waals surface area contributed by atoms with Gasteiger partial charge in [-0.2, -0.15) is 0 Å². The molecule has 0 bridgehead atoms. The van der Waals surface area contributed by atoms with Crippen LogP contribution in [0, 0.1) is 13.8 Å². The van der Waals surface area contributed by atoms with Crippen LogP contribution in [-0.2, 0) is 0 Å². The molecule has 1 aliphatic heterocycles. The van der Waals surface area contributed by atoms with Crippen molar-refractivity contribution in [3.8, 4) is 33.2 Å². The van der Waals surface area contributed by atoms with Crippen LogP contribution in [0.4, 0.5) is 11.6 Å². The zero-order valence-electron chi connectivity index (χ0n) is 35.6. The van der Waals surface area contributed by atoms with Crippen LogP contribution in [0.3, 0.4) is 0 Å². The highest BCUT2D eigenvalue weighted by Crippen LogP contribution is 2.49. The van der Waals surface area contributed by atoms with Crippen LogP contribution in [0.2, 0.25) is 0 Å². The molecule has 3 aromatic heterocycles. The van der Waals surface area contributed by atoms with Gasteiger partial charge in [-0.05, 0) is 84.6 Å². The minimum atomic E-state index is -0.412. The second-order valence-corrected chi connectivity index (χ2v) is 17.2. The number of carbonyl (C=O) groups excluding carboxylic acids is 2. The average molecular weight is 890 g/mol. The van der Waals surface area contributed by atoms with Crippen LogP contribution >= 0.6 is 22.7 Å². The number of aliphatic imine (C=N–C) groups is 2. The first kappa shape index (κ1) is 41.0. The fourth-order valence-corrected chi connectivity index (χ4v) is 10.1. The molecule has 318 valence electrons. The van der Waals surface area contributed by atoms with E-state index in [1.807, 2.05) is 123 Å². The summed E-state index contributed by atoms with van der Waals surface area (Å²) in [6.07, 6.45) is 0. The normalized spacial score (nSPS) is 13.1. The predicted octanol–water partition coefficient (Wildman–Crippen LogP) is 11.9. The number of thiazole rings is 2. The van der Waals surface area contributed by atoms with E-state index in [1.54, 1.807) is 36.4 Å². The molecule has 0 saturated carbocycles. The summed E-state index contributed by atoms with van der Waals surface area (Å²) in [5.74, 6) is 1.44. The summed E-state index contributed by atoms with van der Waals surface area (Å²) in [6.45, 7) is 4.07. The highest BCUT2D eigenvalue weighted by molar-refractivity contribution is 7.21. The minimum absolute atomic E-state index is 0.275. The number of nitrogens with zero attached hydrogens (tertiary/aromatic N) is 4. The molecule has 0 radical (unpaired) electrons. The van der Waals surface area contributed by atoms with Crippen LogP contribution in [0.15, 0.2) is 156 Å². The highest BCUT2D eigenvalue weighted by atomic mass is 32.1. The van der Waals surface area contributed by atoms with Gasteiger partial charge in [0.2, 0.25) is 0 Å². The third kappa shape index (κ3) is 7.66. The number of amides is 2. The molecule has 4 heterocycles. The lowest BCUT2D eigenvalue weighted by Gasteiger charge is -2.12. The first-order valence-electron chi connectivity index (χ1n) is 20.7. The summed E-state index contributed by atoms with van der Waals surface area (Å²) < 4.78 is 13.2. The number of fused-ring (bicyclic) bond motifs is 2. The zero-order valence-corrected chi connectivity index (χ0v) is 37.2. The maximum absolute atomic E-state index is 14.3. The lowest BCUT2D eigenvalue weighted by molar-refractivity contribution is 0.0973. The number of amidine groups is 2. The van der Waals surface area contributed by atoms with Gasteiger partial charge in [0.15, 0.2) is 5.84 Å². The fourth-order valence-electron chi connectivity index (χ4n) is 8.01. The molecule has 13 heteroatoms. The quantitative estimate of drug-likeness (QED) is 0.125. The Morgan fingerprint density at radius 1 is 0.569 bits per heavy atom. The standard InChI is InChI=1S/C52H39N7O4S2/c1-29-17-5-7-19-31(29)41-43(51-53-35-23-11-15-27-39(35)64-51)47(58-49(60)33-21-9-13-25-37(33)62-3)56-45(41)55-46-42(32-20-8-6-18-30(32)2)44(52-54-36-24-12-16-28-40(36)65-52)48(57-46)59-50(61)34-22-10-14-26-38(34)63-4/h5-28,56H,1-4H3,(H,58,60)(H,55,57,59,61). The summed E-state index contributed by atoms with van der Waals surface area (Å²) >= 11 is 3.02. The molecule has 9 aromatic rings. The zero-order chi connectivity index (χ0) is 44.6. The van der Waals surface area contributed by atoms with Crippen molar-refractivity contribution in [2.45, 2.75) is 13.8 Å². The summed E-state index contributed by atoms with van der Waals surface area (Å²) in [4.78, 5) is 53.1. The molecule has 6 aromatic carbocycles. The minimum Gasteiger partial charge on any atom is -0.496 e.